The van der Waals surface area contributed by atoms with E-state index in [1.54, 1.807) is 18.2 Å². The van der Waals surface area contributed by atoms with Crippen LogP contribution in [-0.2, 0) is 4.74 Å². The van der Waals surface area contributed by atoms with Crippen LogP contribution in [0.2, 0.25) is 0 Å². The van der Waals surface area contributed by atoms with E-state index in [4.69, 9.17) is 10.5 Å². The third-order valence-corrected chi connectivity index (χ3v) is 3.03. The van der Waals surface area contributed by atoms with Crippen molar-refractivity contribution in [2.24, 2.45) is 11.7 Å². The highest BCUT2D eigenvalue weighted by atomic mass is 19.1. The molecule has 0 bridgehead atoms. The second-order valence-corrected chi connectivity index (χ2v) is 4.23. The van der Waals surface area contributed by atoms with Gasteiger partial charge in [0, 0.05) is 17.5 Å². The number of hydrogen-bond donors (Lipinski definition) is 2. The predicted octanol–water partition coefficient (Wildman–Crippen LogP) is 1.22. The molecule has 1 saturated heterocycles. The van der Waals surface area contributed by atoms with Gasteiger partial charge in [0.25, 0.3) is 0 Å². The molecule has 2 rings (SSSR count). The summed E-state index contributed by atoms with van der Waals surface area (Å²) in [4.78, 5) is 0. The summed E-state index contributed by atoms with van der Waals surface area (Å²) in [7, 11) is 0. The van der Waals surface area contributed by atoms with Crippen LogP contribution in [0.1, 0.15) is 18.0 Å². The molecule has 0 saturated carbocycles. The SMILES string of the molecule is NC(C[C@H]1COC[C@H]1O)c1ccccc1F. The van der Waals surface area contributed by atoms with Crippen LogP contribution in [0, 0.1) is 11.7 Å². The molecule has 16 heavy (non-hydrogen) atoms. The van der Waals surface area contributed by atoms with Crippen molar-refractivity contribution in [2.45, 2.75) is 18.6 Å². The highest BCUT2D eigenvalue weighted by Gasteiger charge is 2.28. The molecular weight excluding hydrogens is 209 g/mol. The molecule has 0 aliphatic carbocycles. The fourth-order valence-corrected chi connectivity index (χ4v) is 2.04. The first-order chi connectivity index (χ1) is 7.68. The molecule has 3 atom stereocenters. The molecular formula is C12H16FNO2. The Morgan fingerprint density at radius 1 is 1.44 bits per heavy atom. The Balaban J connectivity index is 2.03. The lowest BCUT2D eigenvalue weighted by Crippen LogP contribution is -2.24. The molecule has 0 amide bonds. The zero-order chi connectivity index (χ0) is 11.5. The van der Waals surface area contributed by atoms with Crippen LogP contribution in [0.15, 0.2) is 24.3 Å². The first-order valence-corrected chi connectivity index (χ1v) is 5.44. The van der Waals surface area contributed by atoms with Gasteiger partial charge in [-0.3, -0.25) is 0 Å². The molecule has 1 aliphatic heterocycles. The Kier molecular flexibility index (Phi) is 3.53. The monoisotopic (exact) mass is 225 g/mol. The van der Waals surface area contributed by atoms with E-state index in [0.717, 1.165) is 0 Å². The lowest BCUT2D eigenvalue weighted by Gasteiger charge is -2.18. The van der Waals surface area contributed by atoms with Crippen molar-refractivity contribution in [3.05, 3.63) is 35.6 Å². The normalized spacial score (nSPS) is 26.9. The quantitative estimate of drug-likeness (QED) is 0.813. The van der Waals surface area contributed by atoms with E-state index in [-0.39, 0.29) is 17.8 Å². The zero-order valence-electron chi connectivity index (χ0n) is 8.97. The van der Waals surface area contributed by atoms with Crippen molar-refractivity contribution in [3.8, 4) is 0 Å². The standard InChI is InChI=1S/C12H16FNO2/c13-10-4-2-1-3-9(10)11(14)5-8-6-16-7-12(8)15/h1-4,8,11-12,15H,5-7,14H2/t8-,11?,12+/m0/s1. The van der Waals surface area contributed by atoms with E-state index in [2.05, 4.69) is 0 Å². The van der Waals surface area contributed by atoms with Crippen LogP contribution in [-0.4, -0.2) is 24.4 Å². The maximum atomic E-state index is 13.4. The molecule has 88 valence electrons. The first kappa shape index (κ1) is 11.5. The van der Waals surface area contributed by atoms with Crippen molar-refractivity contribution >= 4 is 0 Å². The summed E-state index contributed by atoms with van der Waals surface area (Å²) in [5.41, 5.74) is 6.43. The molecule has 3 N–H and O–H groups in total. The summed E-state index contributed by atoms with van der Waals surface area (Å²) >= 11 is 0. The molecule has 1 aliphatic rings. The number of nitrogens with two attached hydrogens (primary N) is 1. The maximum Gasteiger partial charge on any atom is 0.127 e. The second kappa shape index (κ2) is 4.91. The lowest BCUT2D eigenvalue weighted by atomic mass is 9.93. The van der Waals surface area contributed by atoms with Gasteiger partial charge in [0.05, 0.1) is 19.3 Å². The third-order valence-electron chi connectivity index (χ3n) is 3.03. The number of aliphatic hydroxyl groups excluding tert-OH is 1. The summed E-state index contributed by atoms with van der Waals surface area (Å²) in [6, 6.07) is 6.10. The second-order valence-electron chi connectivity index (χ2n) is 4.23. The van der Waals surface area contributed by atoms with E-state index in [1.165, 1.54) is 6.07 Å². The predicted molar refractivity (Wildman–Crippen MR) is 58.3 cm³/mol. The Morgan fingerprint density at radius 2 is 2.19 bits per heavy atom. The van der Waals surface area contributed by atoms with Gasteiger partial charge in [0.15, 0.2) is 0 Å². The van der Waals surface area contributed by atoms with Gasteiger partial charge >= 0.3 is 0 Å². The molecule has 1 unspecified atom stereocenters. The number of halogens is 1. The van der Waals surface area contributed by atoms with Gasteiger partial charge in [-0.2, -0.15) is 0 Å². The van der Waals surface area contributed by atoms with Crippen LogP contribution in [0.4, 0.5) is 4.39 Å². The average molecular weight is 225 g/mol. The molecule has 0 aromatic heterocycles. The summed E-state index contributed by atoms with van der Waals surface area (Å²) in [5.74, 6) is -0.280. The Bertz CT molecular complexity index is 359. The molecule has 1 fully saturated rings. The Hall–Kier alpha value is -0.970. The van der Waals surface area contributed by atoms with Crippen LogP contribution in [0.5, 0.6) is 0 Å². The molecule has 0 spiro atoms. The van der Waals surface area contributed by atoms with Crippen LogP contribution in [0.25, 0.3) is 0 Å². The Morgan fingerprint density at radius 3 is 2.81 bits per heavy atom. The van der Waals surface area contributed by atoms with Crippen molar-refractivity contribution in [3.63, 3.8) is 0 Å². The molecule has 3 nitrogen and oxygen atoms in total. The van der Waals surface area contributed by atoms with Gasteiger partial charge in [0.2, 0.25) is 0 Å². The third kappa shape index (κ3) is 2.40. The maximum absolute atomic E-state index is 13.4. The van der Waals surface area contributed by atoms with E-state index in [0.29, 0.717) is 25.2 Å². The molecule has 4 heteroatoms. The van der Waals surface area contributed by atoms with Crippen LogP contribution < -0.4 is 5.73 Å². The van der Waals surface area contributed by atoms with Gasteiger partial charge in [0.1, 0.15) is 5.82 Å². The number of hydrogen-bond acceptors (Lipinski definition) is 3. The molecule has 1 aromatic carbocycles. The van der Waals surface area contributed by atoms with E-state index < -0.39 is 6.10 Å². The number of benzene rings is 1. The highest BCUT2D eigenvalue weighted by Crippen LogP contribution is 2.26. The van der Waals surface area contributed by atoms with Crippen LogP contribution >= 0.6 is 0 Å². The summed E-state index contributed by atoms with van der Waals surface area (Å²) in [6.07, 6.45) is 0.0695. The zero-order valence-corrected chi connectivity index (χ0v) is 8.97. The number of rotatable bonds is 3. The van der Waals surface area contributed by atoms with Gasteiger partial charge in [-0.05, 0) is 12.5 Å². The molecule has 1 heterocycles. The first-order valence-electron chi connectivity index (χ1n) is 5.44. The lowest BCUT2D eigenvalue weighted by molar-refractivity contribution is 0.116. The molecule has 1 aromatic rings. The van der Waals surface area contributed by atoms with Crippen molar-refractivity contribution in [1.29, 1.82) is 0 Å². The van der Waals surface area contributed by atoms with E-state index in [1.807, 2.05) is 0 Å². The highest BCUT2D eigenvalue weighted by molar-refractivity contribution is 5.20. The van der Waals surface area contributed by atoms with Gasteiger partial charge < -0.3 is 15.6 Å². The van der Waals surface area contributed by atoms with Crippen molar-refractivity contribution < 1.29 is 14.2 Å². The van der Waals surface area contributed by atoms with Crippen molar-refractivity contribution in [2.75, 3.05) is 13.2 Å². The van der Waals surface area contributed by atoms with E-state index in [9.17, 15) is 9.50 Å². The van der Waals surface area contributed by atoms with Crippen molar-refractivity contribution in [1.82, 2.24) is 0 Å². The minimum atomic E-state index is -0.474. The van der Waals surface area contributed by atoms with Gasteiger partial charge in [-0.15, -0.1) is 0 Å². The topological polar surface area (TPSA) is 55.5 Å². The summed E-state index contributed by atoms with van der Waals surface area (Å²) in [6.45, 7) is 0.859. The largest absolute Gasteiger partial charge is 0.390 e. The average Bonchev–Trinajstić information content (AvgIpc) is 2.65. The van der Waals surface area contributed by atoms with Gasteiger partial charge in [-0.1, -0.05) is 18.2 Å². The smallest absolute Gasteiger partial charge is 0.127 e. The fourth-order valence-electron chi connectivity index (χ4n) is 2.04. The van der Waals surface area contributed by atoms with Crippen LogP contribution in [0.3, 0.4) is 0 Å². The molecule has 0 radical (unpaired) electrons. The van der Waals surface area contributed by atoms with Gasteiger partial charge in [-0.25, -0.2) is 4.39 Å². The minimum Gasteiger partial charge on any atom is -0.390 e. The number of aliphatic hydroxyl groups is 1. The van der Waals surface area contributed by atoms with E-state index >= 15 is 0 Å². The fraction of sp³-hybridized carbons (Fsp3) is 0.500. The summed E-state index contributed by atoms with van der Waals surface area (Å²) in [5, 5.41) is 9.58. The Labute approximate surface area is 94.0 Å². The summed E-state index contributed by atoms with van der Waals surface area (Å²) < 4.78 is 18.6. The minimum absolute atomic E-state index is 0.00889. The number of ether oxygens (including phenoxy) is 1.